The Morgan fingerprint density at radius 1 is 1.03 bits per heavy atom. The van der Waals surface area contributed by atoms with Crippen LogP contribution in [0.15, 0.2) is 48.5 Å². The standard InChI is InChI=1S/C21H24ClN3O4/c1-3-12-25(21(28)17-6-4-5-7-18(17)22)14-20(27)23-13-19(26)24-15-8-10-16(29-2)11-9-15/h4-11H,3,12-14H2,1-2H3,(H,23,27)(H,24,26). The summed E-state index contributed by atoms with van der Waals surface area (Å²) in [5, 5.41) is 5.54. The van der Waals surface area contributed by atoms with Crippen molar-refractivity contribution >= 4 is 35.0 Å². The molecule has 3 amide bonds. The van der Waals surface area contributed by atoms with E-state index >= 15 is 0 Å². The zero-order valence-electron chi connectivity index (χ0n) is 16.4. The minimum absolute atomic E-state index is 0.159. The van der Waals surface area contributed by atoms with Crippen molar-refractivity contribution in [3.8, 4) is 5.75 Å². The van der Waals surface area contributed by atoms with Gasteiger partial charge in [0.2, 0.25) is 11.8 Å². The van der Waals surface area contributed by atoms with Gasteiger partial charge in [0.1, 0.15) is 5.75 Å². The minimum Gasteiger partial charge on any atom is -0.497 e. The minimum atomic E-state index is -0.427. The maximum atomic E-state index is 12.7. The van der Waals surface area contributed by atoms with Crippen LogP contribution in [-0.4, -0.2) is 49.4 Å². The Hall–Kier alpha value is -3.06. The molecule has 0 aliphatic rings. The average molecular weight is 418 g/mol. The van der Waals surface area contributed by atoms with E-state index in [2.05, 4.69) is 10.6 Å². The van der Waals surface area contributed by atoms with E-state index in [1.165, 1.54) is 4.90 Å². The highest BCUT2D eigenvalue weighted by Crippen LogP contribution is 2.17. The molecule has 0 saturated heterocycles. The van der Waals surface area contributed by atoms with E-state index in [9.17, 15) is 14.4 Å². The normalized spacial score (nSPS) is 10.2. The first kappa shape index (κ1) is 22.2. The Morgan fingerprint density at radius 3 is 2.34 bits per heavy atom. The Balaban J connectivity index is 1.88. The molecule has 0 unspecified atom stereocenters. The highest BCUT2D eigenvalue weighted by atomic mass is 35.5. The van der Waals surface area contributed by atoms with Crippen LogP contribution in [0.4, 0.5) is 5.69 Å². The molecular weight excluding hydrogens is 394 g/mol. The second-order valence-corrected chi connectivity index (χ2v) is 6.67. The quantitative estimate of drug-likeness (QED) is 0.656. The van der Waals surface area contributed by atoms with Gasteiger partial charge >= 0.3 is 0 Å². The summed E-state index contributed by atoms with van der Waals surface area (Å²) < 4.78 is 5.06. The summed E-state index contributed by atoms with van der Waals surface area (Å²) in [7, 11) is 1.56. The molecule has 2 rings (SSSR count). The first-order valence-electron chi connectivity index (χ1n) is 9.19. The molecule has 0 aliphatic heterocycles. The van der Waals surface area contributed by atoms with Crippen molar-refractivity contribution in [2.45, 2.75) is 13.3 Å². The van der Waals surface area contributed by atoms with Crippen LogP contribution in [0.2, 0.25) is 5.02 Å². The van der Waals surface area contributed by atoms with E-state index in [1.807, 2.05) is 6.92 Å². The van der Waals surface area contributed by atoms with E-state index in [-0.39, 0.29) is 24.9 Å². The van der Waals surface area contributed by atoms with Crippen molar-refractivity contribution in [3.05, 3.63) is 59.1 Å². The molecule has 29 heavy (non-hydrogen) atoms. The van der Waals surface area contributed by atoms with Gasteiger partial charge < -0.3 is 20.3 Å². The molecule has 154 valence electrons. The van der Waals surface area contributed by atoms with Gasteiger partial charge in [0, 0.05) is 12.2 Å². The van der Waals surface area contributed by atoms with Gasteiger partial charge in [-0.3, -0.25) is 14.4 Å². The highest BCUT2D eigenvalue weighted by molar-refractivity contribution is 6.33. The Labute approximate surface area is 175 Å². The van der Waals surface area contributed by atoms with E-state index in [1.54, 1.807) is 55.6 Å². The maximum absolute atomic E-state index is 12.7. The van der Waals surface area contributed by atoms with Crippen molar-refractivity contribution in [1.29, 1.82) is 0 Å². The number of hydrogen-bond donors (Lipinski definition) is 2. The monoisotopic (exact) mass is 417 g/mol. The molecule has 0 spiro atoms. The fraction of sp³-hybridized carbons (Fsp3) is 0.286. The summed E-state index contributed by atoms with van der Waals surface area (Å²) >= 11 is 6.09. The molecule has 0 heterocycles. The van der Waals surface area contributed by atoms with Gasteiger partial charge in [-0.1, -0.05) is 30.7 Å². The topological polar surface area (TPSA) is 87.7 Å². The van der Waals surface area contributed by atoms with Crippen LogP contribution in [-0.2, 0) is 9.59 Å². The number of amides is 3. The number of nitrogens with zero attached hydrogens (tertiary/aromatic N) is 1. The molecule has 0 atom stereocenters. The van der Waals surface area contributed by atoms with E-state index < -0.39 is 5.91 Å². The van der Waals surface area contributed by atoms with E-state index in [4.69, 9.17) is 16.3 Å². The molecule has 0 bridgehead atoms. The summed E-state index contributed by atoms with van der Waals surface area (Å²) in [5.41, 5.74) is 0.930. The van der Waals surface area contributed by atoms with E-state index in [0.717, 1.165) is 0 Å². The molecule has 2 aromatic carbocycles. The van der Waals surface area contributed by atoms with Crippen molar-refractivity contribution in [2.24, 2.45) is 0 Å². The molecule has 0 saturated carbocycles. The molecular formula is C21H24ClN3O4. The molecule has 2 N–H and O–H groups in total. The molecule has 2 aromatic rings. The zero-order chi connectivity index (χ0) is 21.2. The van der Waals surface area contributed by atoms with Gasteiger partial charge in [-0.2, -0.15) is 0 Å². The predicted octanol–water partition coefficient (Wildman–Crippen LogP) is 2.96. The van der Waals surface area contributed by atoms with Gasteiger partial charge in [0.25, 0.3) is 5.91 Å². The summed E-state index contributed by atoms with van der Waals surface area (Å²) in [5.74, 6) is -0.447. The number of nitrogens with one attached hydrogen (secondary N) is 2. The number of carbonyl (C=O) groups excluding carboxylic acids is 3. The number of hydrogen-bond acceptors (Lipinski definition) is 4. The smallest absolute Gasteiger partial charge is 0.255 e. The number of halogens is 1. The number of benzene rings is 2. The van der Waals surface area contributed by atoms with Crippen molar-refractivity contribution in [1.82, 2.24) is 10.2 Å². The fourth-order valence-electron chi connectivity index (χ4n) is 2.61. The third-order valence-electron chi connectivity index (χ3n) is 4.04. The largest absolute Gasteiger partial charge is 0.497 e. The lowest BCUT2D eigenvalue weighted by atomic mass is 10.2. The Morgan fingerprint density at radius 2 is 1.72 bits per heavy atom. The molecule has 8 heteroatoms. The van der Waals surface area contributed by atoms with Crippen LogP contribution in [0.3, 0.4) is 0 Å². The number of rotatable bonds is 9. The van der Waals surface area contributed by atoms with Crippen molar-refractivity contribution in [2.75, 3.05) is 32.1 Å². The predicted molar refractivity (Wildman–Crippen MR) is 112 cm³/mol. The lowest BCUT2D eigenvalue weighted by Crippen LogP contribution is -2.43. The molecule has 0 aromatic heterocycles. The molecule has 0 fully saturated rings. The third-order valence-corrected chi connectivity index (χ3v) is 4.37. The number of ether oxygens (including phenoxy) is 1. The molecule has 7 nitrogen and oxygen atoms in total. The summed E-state index contributed by atoms with van der Waals surface area (Å²) in [6.45, 7) is 1.95. The van der Waals surface area contributed by atoms with Crippen LogP contribution in [0.25, 0.3) is 0 Å². The molecule has 0 radical (unpaired) electrons. The van der Waals surface area contributed by atoms with Crippen LogP contribution < -0.4 is 15.4 Å². The number of carbonyl (C=O) groups is 3. The van der Waals surface area contributed by atoms with Gasteiger partial charge in [0.05, 0.1) is 30.8 Å². The molecule has 0 aliphatic carbocycles. The number of anilines is 1. The average Bonchev–Trinajstić information content (AvgIpc) is 2.72. The van der Waals surface area contributed by atoms with Gasteiger partial charge in [-0.05, 0) is 42.8 Å². The van der Waals surface area contributed by atoms with Gasteiger partial charge in [-0.15, -0.1) is 0 Å². The lowest BCUT2D eigenvalue weighted by Gasteiger charge is -2.22. The summed E-state index contributed by atoms with van der Waals surface area (Å²) in [6.07, 6.45) is 0.682. The zero-order valence-corrected chi connectivity index (χ0v) is 17.2. The number of methoxy groups -OCH3 is 1. The van der Waals surface area contributed by atoms with Crippen LogP contribution in [0.1, 0.15) is 23.7 Å². The summed E-state index contributed by atoms with van der Waals surface area (Å²) in [4.78, 5) is 38.4. The van der Waals surface area contributed by atoms with Crippen LogP contribution >= 0.6 is 11.6 Å². The SMILES string of the molecule is CCCN(CC(=O)NCC(=O)Nc1ccc(OC)cc1)C(=O)c1ccccc1Cl. The fourth-order valence-corrected chi connectivity index (χ4v) is 2.83. The van der Waals surface area contributed by atoms with E-state index in [0.29, 0.717) is 35.0 Å². The van der Waals surface area contributed by atoms with Gasteiger partial charge in [-0.25, -0.2) is 0 Å². The van der Waals surface area contributed by atoms with Crippen LogP contribution in [0, 0.1) is 0 Å². The van der Waals surface area contributed by atoms with Crippen molar-refractivity contribution in [3.63, 3.8) is 0 Å². The third kappa shape index (κ3) is 6.80. The highest BCUT2D eigenvalue weighted by Gasteiger charge is 2.20. The Kier molecular flexibility index (Phi) is 8.48. The Bertz CT molecular complexity index is 855. The van der Waals surface area contributed by atoms with Gasteiger partial charge in [0.15, 0.2) is 0 Å². The van der Waals surface area contributed by atoms with Crippen LogP contribution in [0.5, 0.6) is 5.75 Å². The second-order valence-electron chi connectivity index (χ2n) is 6.26. The first-order valence-corrected chi connectivity index (χ1v) is 9.56. The second kappa shape index (κ2) is 11.1. The summed E-state index contributed by atoms with van der Waals surface area (Å²) in [6, 6.07) is 13.5. The first-order chi connectivity index (χ1) is 13.9. The van der Waals surface area contributed by atoms with Crippen molar-refractivity contribution < 1.29 is 19.1 Å². The lowest BCUT2D eigenvalue weighted by molar-refractivity contribution is -0.124. The maximum Gasteiger partial charge on any atom is 0.255 e.